The van der Waals surface area contributed by atoms with Gasteiger partial charge in [0, 0.05) is 15.7 Å². The van der Waals surface area contributed by atoms with Crippen molar-refractivity contribution < 1.29 is 14.0 Å². The Bertz CT molecular complexity index is 1140. The van der Waals surface area contributed by atoms with Crippen LogP contribution in [0.3, 0.4) is 0 Å². The minimum Gasteiger partial charge on any atom is -0.325 e. The average molecular weight is 559 g/mol. The van der Waals surface area contributed by atoms with Gasteiger partial charge in [0.05, 0.1) is 12.2 Å². The molecule has 3 aromatic rings. The maximum atomic E-state index is 13.3. The van der Waals surface area contributed by atoms with E-state index in [0.717, 1.165) is 9.13 Å². The Morgan fingerprint density at radius 3 is 2.44 bits per heavy atom. The van der Waals surface area contributed by atoms with E-state index in [-0.39, 0.29) is 30.6 Å². The predicted octanol–water partition coefficient (Wildman–Crippen LogP) is 5.59. The van der Waals surface area contributed by atoms with Crippen molar-refractivity contribution in [3.05, 3.63) is 93.8 Å². The van der Waals surface area contributed by atoms with Crippen LogP contribution in [0.5, 0.6) is 0 Å². The summed E-state index contributed by atoms with van der Waals surface area (Å²) in [5, 5.41) is 2.73. The van der Waals surface area contributed by atoms with Crippen molar-refractivity contribution in [2.45, 2.75) is 18.2 Å². The molecule has 0 aliphatic carbocycles. The molecule has 1 aliphatic rings. The summed E-state index contributed by atoms with van der Waals surface area (Å²) in [7, 11) is 0. The molecule has 0 saturated carbocycles. The highest BCUT2D eigenvalue weighted by molar-refractivity contribution is 14.1. The summed E-state index contributed by atoms with van der Waals surface area (Å²) in [6.07, 6.45) is 0.0515. The van der Waals surface area contributed by atoms with Crippen LogP contribution in [0, 0.1) is 9.39 Å². The highest BCUT2D eigenvalue weighted by atomic mass is 127. The lowest BCUT2D eigenvalue weighted by Crippen LogP contribution is -2.44. The number of amides is 2. The number of aliphatic imine (C=N–C) groups is 1. The van der Waals surface area contributed by atoms with Crippen LogP contribution in [0.15, 0.2) is 83.9 Å². The number of para-hydroxylation sites is 1. The van der Waals surface area contributed by atoms with E-state index >= 15 is 0 Å². The zero-order chi connectivity index (χ0) is 22.5. The molecule has 1 atom stereocenters. The SMILES string of the molecule is O=C(Nc1ccc(I)cc1)C1CC(=O)N(Cc2ccc(F)cc2)C(=Nc2ccccc2)S1. The summed E-state index contributed by atoms with van der Waals surface area (Å²) in [6, 6.07) is 22.8. The van der Waals surface area contributed by atoms with E-state index in [4.69, 9.17) is 0 Å². The minimum atomic E-state index is -0.603. The van der Waals surface area contributed by atoms with Gasteiger partial charge in [0.15, 0.2) is 5.17 Å². The summed E-state index contributed by atoms with van der Waals surface area (Å²) in [5.41, 5.74) is 2.15. The van der Waals surface area contributed by atoms with E-state index in [1.807, 2.05) is 54.6 Å². The molecular formula is C24H19FIN3O2S. The molecule has 162 valence electrons. The first kappa shape index (κ1) is 22.5. The summed E-state index contributed by atoms with van der Waals surface area (Å²) in [5.74, 6) is -0.782. The number of thioether (sulfide) groups is 1. The molecule has 0 radical (unpaired) electrons. The van der Waals surface area contributed by atoms with Crippen molar-refractivity contribution in [2.24, 2.45) is 4.99 Å². The van der Waals surface area contributed by atoms with E-state index in [2.05, 4.69) is 32.9 Å². The Morgan fingerprint density at radius 2 is 1.75 bits per heavy atom. The number of hydrogen-bond acceptors (Lipinski definition) is 4. The van der Waals surface area contributed by atoms with Gasteiger partial charge < -0.3 is 5.32 Å². The number of nitrogens with zero attached hydrogens (tertiary/aromatic N) is 2. The molecule has 1 aliphatic heterocycles. The van der Waals surface area contributed by atoms with Crippen molar-refractivity contribution in [1.82, 2.24) is 4.90 Å². The predicted molar refractivity (Wildman–Crippen MR) is 134 cm³/mol. The fourth-order valence-electron chi connectivity index (χ4n) is 3.14. The van der Waals surface area contributed by atoms with E-state index in [1.165, 1.54) is 23.9 Å². The highest BCUT2D eigenvalue weighted by Crippen LogP contribution is 2.31. The van der Waals surface area contributed by atoms with Crippen molar-refractivity contribution in [3.8, 4) is 0 Å². The normalized spacial score (nSPS) is 17.4. The molecule has 0 bridgehead atoms. The van der Waals surface area contributed by atoms with Gasteiger partial charge in [-0.05, 0) is 76.7 Å². The second kappa shape index (κ2) is 10.3. The lowest BCUT2D eigenvalue weighted by Gasteiger charge is -2.32. The molecule has 0 spiro atoms. The monoisotopic (exact) mass is 559 g/mol. The Kier molecular flexibility index (Phi) is 7.21. The van der Waals surface area contributed by atoms with Gasteiger partial charge in [0.2, 0.25) is 11.8 Å². The molecule has 8 heteroatoms. The van der Waals surface area contributed by atoms with Crippen molar-refractivity contribution in [1.29, 1.82) is 0 Å². The lowest BCUT2D eigenvalue weighted by molar-refractivity contribution is -0.129. The Morgan fingerprint density at radius 1 is 1.06 bits per heavy atom. The minimum absolute atomic E-state index is 0.0515. The standard InChI is InChI=1S/C24H19FIN3O2S/c25-17-8-6-16(7-9-17)15-29-22(30)14-21(23(31)27-20-12-10-18(26)11-13-20)32-24(29)28-19-4-2-1-3-5-19/h1-13,21H,14-15H2,(H,27,31). The summed E-state index contributed by atoms with van der Waals surface area (Å²) in [4.78, 5) is 32.2. The number of halogens is 2. The van der Waals surface area contributed by atoms with Gasteiger partial charge in [-0.2, -0.15) is 0 Å². The summed E-state index contributed by atoms with van der Waals surface area (Å²) >= 11 is 3.46. The van der Waals surface area contributed by atoms with Gasteiger partial charge in [0.25, 0.3) is 0 Å². The van der Waals surface area contributed by atoms with Gasteiger partial charge in [-0.15, -0.1) is 0 Å². The number of rotatable bonds is 5. The Hall–Kier alpha value is -2.72. The first-order valence-electron chi connectivity index (χ1n) is 9.89. The molecule has 32 heavy (non-hydrogen) atoms. The van der Waals surface area contributed by atoms with Gasteiger partial charge in [0.1, 0.15) is 11.1 Å². The van der Waals surface area contributed by atoms with Gasteiger partial charge >= 0.3 is 0 Å². The quantitative estimate of drug-likeness (QED) is 0.415. The van der Waals surface area contributed by atoms with Crippen molar-refractivity contribution in [2.75, 3.05) is 5.32 Å². The second-order valence-electron chi connectivity index (χ2n) is 7.14. The molecule has 5 nitrogen and oxygen atoms in total. The third kappa shape index (κ3) is 5.74. The van der Waals surface area contributed by atoms with Crippen LogP contribution in [0.2, 0.25) is 0 Å². The van der Waals surface area contributed by atoms with Crippen LogP contribution in [-0.4, -0.2) is 27.1 Å². The maximum absolute atomic E-state index is 13.3. The Balaban J connectivity index is 1.57. The van der Waals surface area contributed by atoms with E-state index in [0.29, 0.717) is 16.5 Å². The van der Waals surface area contributed by atoms with E-state index in [9.17, 15) is 14.0 Å². The first-order chi connectivity index (χ1) is 15.5. The number of hydrogen-bond donors (Lipinski definition) is 1. The smallest absolute Gasteiger partial charge is 0.238 e. The lowest BCUT2D eigenvalue weighted by atomic mass is 10.2. The molecule has 1 N–H and O–H groups in total. The van der Waals surface area contributed by atoms with E-state index in [1.54, 1.807) is 17.0 Å². The fraction of sp³-hybridized carbons (Fsp3) is 0.125. The Labute approximate surface area is 203 Å². The largest absolute Gasteiger partial charge is 0.325 e. The molecule has 1 unspecified atom stereocenters. The number of carbonyl (C=O) groups excluding carboxylic acids is 2. The molecule has 2 amide bonds. The van der Waals surface area contributed by atoms with Gasteiger partial charge in [-0.1, -0.05) is 42.1 Å². The van der Waals surface area contributed by atoms with Crippen molar-refractivity contribution >= 4 is 62.7 Å². The number of carbonyl (C=O) groups is 2. The van der Waals surface area contributed by atoms with Crippen LogP contribution in [0.1, 0.15) is 12.0 Å². The number of amidine groups is 1. The molecule has 4 rings (SSSR count). The molecular weight excluding hydrogens is 540 g/mol. The first-order valence-corrected chi connectivity index (χ1v) is 11.9. The van der Waals surface area contributed by atoms with Crippen molar-refractivity contribution in [3.63, 3.8) is 0 Å². The topological polar surface area (TPSA) is 61.8 Å². The number of benzene rings is 3. The van der Waals surface area contributed by atoms with Crippen LogP contribution < -0.4 is 5.32 Å². The molecule has 1 fully saturated rings. The van der Waals surface area contributed by atoms with Gasteiger partial charge in [-0.25, -0.2) is 9.38 Å². The van der Waals surface area contributed by atoms with E-state index < -0.39 is 5.25 Å². The van der Waals surface area contributed by atoms with Crippen LogP contribution in [0.4, 0.5) is 15.8 Å². The molecule has 1 heterocycles. The van der Waals surface area contributed by atoms with Gasteiger partial charge in [-0.3, -0.25) is 14.5 Å². The summed E-state index contributed by atoms with van der Waals surface area (Å²) in [6.45, 7) is 0.253. The molecule has 0 aromatic heterocycles. The molecule has 3 aromatic carbocycles. The third-order valence-corrected chi connectivity index (χ3v) is 6.69. The highest BCUT2D eigenvalue weighted by Gasteiger charge is 2.36. The number of anilines is 1. The average Bonchev–Trinajstić information content (AvgIpc) is 2.79. The summed E-state index contributed by atoms with van der Waals surface area (Å²) < 4.78 is 14.4. The zero-order valence-corrected chi connectivity index (χ0v) is 19.8. The fourth-order valence-corrected chi connectivity index (χ4v) is 4.60. The van der Waals surface area contributed by atoms with Crippen LogP contribution in [-0.2, 0) is 16.1 Å². The molecule has 1 saturated heterocycles. The van der Waals surface area contributed by atoms with Crippen LogP contribution >= 0.6 is 34.4 Å². The zero-order valence-electron chi connectivity index (χ0n) is 16.9. The second-order valence-corrected chi connectivity index (χ2v) is 9.56. The van der Waals surface area contributed by atoms with Crippen LogP contribution in [0.25, 0.3) is 0 Å². The number of nitrogens with one attached hydrogen (secondary N) is 1. The maximum Gasteiger partial charge on any atom is 0.238 e. The third-order valence-electron chi connectivity index (χ3n) is 4.78.